The number of hydrogen-bond donors (Lipinski definition) is 2. The molecule has 24 heavy (non-hydrogen) atoms. The van der Waals surface area contributed by atoms with Gasteiger partial charge in [-0.3, -0.25) is 9.59 Å². The van der Waals surface area contributed by atoms with Crippen LogP contribution >= 0.6 is 0 Å². The minimum atomic E-state index is -0.397. The van der Waals surface area contributed by atoms with E-state index in [1.54, 1.807) is 17.0 Å². The molecule has 0 radical (unpaired) electrons. The molecule has 3 rings (SSSR count). The van der Waals surface area contributed by atoms with Crippen molar-refractivity contribution in [2.75, 3.05) is 16.8 Å². The molecule has 1 unspecified atom stereocenters. The number of nitrogens with one attached hydrogen (secondary N) is 1. The molecule has 1 saturated heterocycles. The molecule has 0 spiro atoms. The van der Waals surface area contributed by atoms with Crippen LogP contribution in [0.2, 0.25) is 0 Å². The highest BCUT2D eigenvalue weighted by molar-refractivity contribution is 6.03. The van der Waals surface area contributed by atoms with Crippen molar-refractivity contribution in [2.45, 2.75) is 19.8 Å². The summed E-state index contributed by atoms with van der Waals surface area (Å²) in [5, 5.41) is 12.2. The maximum Gasteiger partial charge on any atom is 0.229 e. The average molecular weight is 324 g/mol. The van der Waals surface area contributed by atoms with Gasteiger partial charge in [0.15, 0.2) is 0 Å². The van der Waals surface area contributed by atoms with Crippen LogP contribution < -0.4 is 10.2 Å². The average Bonchev–Trinajstić information content (AvgIpc) is 2.97. The van der Waals surface area contributed by atoms with Gasteiger partial charge in [-0.05, 0) is 36.2 Å². The number of carbonyl (C=O) groups excluding carboxylic acids is 2. The number of aromatic hydroxyl groups is 1. The fraction of sp³-hybridized carbons (Fsp3) is 0.263. The number of hydrogen-bond acceptors (Lipinski definition) is 3. The lowest BCUT2D eigenvalue weighted by Crippen LogP contribution is -2.28. The lowest BCUT2D eigenvalue weighted by atomic mass is 10.1. The second-order valence-electron chi connectivity index (χ2n) is 5.96. The van der Waals surface area contributed by atoms with E-state index in [-0.39, 0.29) is 24.0 Å². The summed E-state index contributed by atoms with van der Waals surface area (Å²) in [6.45, 7) is 2.45. The highest BCUT2D eigenvalue weighted by Gasteiger charge is 2.35. The number of benzene rings is 2. The van der Waals surface area contributed by atoms with Crippen LogP contribution in [0.15, 0.2) is 48.5 Å². The zero-order valence-corrected chi connectivity index (χ0v) is 13.5. The number of phenolic OH excluding ortho intramolecular Hbond substituents is 1. The van der Waals surface area contributed by atoms with Gasteiger partial charge in [0.2, 0.25) is 11.8 Å². The maximum absolute atomic E-state index is 12.4. The van der Waals surface area contributed by atoms with E-state index in [0.717, 1.165) is 12.1 Å². The van der Waals surface area contributed by atoms with Crippen LogP contribution in [0.1, 0.15) is 18.9 Å². The molecule has 1 aliphatic heterocycles. The Morgan fingerprint density at radius 3 is 2.67 bits per heavy atom. The Bertz CT molecular complexity index is 755. The molecule has 0 aliphatic carbocycles. The SMILES string of the molecule is CCc1ccc(N2CC(C(=O)Nc3cccc(O)c3)CC2=O)cc1. The first-order valence-electron chi connectivity index (χ1n) is 8.06. The van der Waals surface area contributed by atoms with Crippen molar-refractivity contribution in [3.63, 3.8) is 0 Å². The van der Waals surface area contributed by atoms with Crippen LogP contribution in [0.3, 0.4) is 0 Å². The van der Waals surface area contributed by atoms with Crippen molar-refractivity contribution in [1.29, 1.82) is 0 Å². The Labute approximate surface area is 140 Å². The number of nitrogens with zero attached hydrogens (tertiary/aromatic N) is 1. The molecule has 1 atom stereocenters. The summed E-state index contributed by atoms with van der Waals surface area (Å²) in [4.78, 5) is 26.3. The maximum atomic E-state index is 12.4. The summed E-state index contributed by atoms with van der Waals surface area (Å²) in [5.41, 5.74) is 2.56. The molecule has 1 aliphatic rings. The first-order valence-corrected chi connectivity index (χ1v) is 8.06. The summed E-state index contributed by atoms with van der Waals surface area (Å²) < 4.78 is 0. The monoisotopic (exact) mass is 324 g/mol. The predicted molar refractivity (Wildman–Crippen MR) is 93.0 cm³/mol. The van der Waals surface area contributed by atoms with Crippen molar-refractivity contribution >= 4 is 23.2 Å². The summed E-state index contributed by atoms with van der Waals surface area (Å²) in [6, 6.07) is 14.2. The van der Waals surface area contributed by atoms with Gasteiger partial charge in [0.1, 0.15) is 5.75 Å². The Morgan fingerprint density at radius 1 is 1.25 bits per heavy atom. The number of amides is 2. The summed E-state index contributed by atoms with van der Waals surface area (Å²) in [6.07, 6.45) is 1.14. The van der Waals surface area contributed by atoms with Crippen molar-refractivity contribution < 1.29 is 14.7 Å². The zero-order valence-electron chi connectivity index (χ0n) is 13.5. The third-order valence-electron chi connectivity index (χ3n) is 4.27. The predicted octanol–water partition coefficient (Wildman–Crippen LogP) is 2.95. The standard InChI is InChI=1S/C19H20N2O3/c1-2-13-6-8-16(9-7-13)21-12-14(10-18(21)23)19(24)20-15-4-3-5-17(22)11-15/h3-9,11,14,22H,2,10,12H2,1H3,(H,20,24). The topological polar surface area (TPSA) is 69.6 Å². The molecular formula is C19H20N2O3. The summed E-state index contributed by atoms with van der Waals surface area (Å²) >= 11 is 0. The molecule has 124 valence electrons. The minimum Gasteiger partial charge on any atom is -0.508 e. The van der Waals surface area contributed by atoms with E-state index in [1.807, 2.05) is 24.3 Å². The van der Waals surface area contributed by atoms with Crippen LogP contribution in [-0.2, 0) is 16.0 Å². The fourth-order valence-electron chi connectivity index (χ4n) is 2.87. The first kappa shape index (κ1) is 16.1. The van der Waals surface area contributed by atoms with Gasteiger partial charge in [-0.1, -0.05) is 25.1 Å². The Kier molecular flexibility index (Phi) is 4.51. The van der Waals surface area contributed by atoms with Crippen LogP contribution in [0.25, 0.3) is 0 Å². The zero-order chi connectivity index (χ0) is 17.1. The Balaban J connectivity index is 1.68. The van der Waals surface area contributed by atoms with E-state index in [0.29, 0.717) is 12.2 Å². The Morgan fingerprint density at radius 2 is 2.00 bits per heavy atom. The second-order valence-corrected chi connectivity index (χ2v) is 5.96. The molecule has 0 saturated carbocycles. The van der Waals surface area contributed by atoms with Crippen LogP contribution in [-0.4, -0.2) is 23.5 Å². The molecular weight excluding hydrogens is 304 g/mol. The molecule has 2 aromatic carbocycles. The molecule has 5 heteroatoms. The smallest absolute Gasteiger partial charge is 0.229 e. The highest BCUT2D eigenvalue weighted by atomic mass is 16.3. The number of anilines is 2. The van der Waals surface area contributed by atoms with Gasteiger partial charge >= 0.3 is 0 Å². The normalized spacial score (nSPS) is 17.1. The van der Waals surface area contributed by atoms with Gasteiger partial charge in [0, 0.05) is 30.4 Å². The summed E-state index contributed by atoms with van der Waals surface area (Å²) in [7, 11) is 0. The molecule has 2 N–H and O–H groups in total. The van der Waals surface area contributed by atoms with Crippen molar-refractivity contribution in [2.24, 2.45) is 5.92 Å². The largest absolute Gasteiger partial charge is 0.508 e. The van der Waals surface area contributed by atoms with Gasteiger partial charge in [-0.25, -0.2) is 0 Å². The van der Waals surface area contributed by atoms with Crippen LogP contribution in [0.5, 0.6) is 5.75 Å². The van der Waals surface area contributed by atoms with E-state index in [2.05, 4.69) is 12.2 Å². The molecule has 1 fully saturated rings. The van der Waals surface area contributed by atoms with E-state index < -0.39 is 5.92 Å². The van der Waals surface area contributed by atoms with E-state index in [9.17, 15) is 14.7 Å². The molecule has 2 amide bonds. The Hall–Kier alpha value is -2.82. The highest BCUT2D eigenvalue weighted by Crippen LogP contribution is 2.27. The number of phenols is 1. The van der Waals surface area contributed by atoms with E-state index >= 15 is 0 Å². The lowest BCUT2D eigenvalue weighted by molar-refractivity contribution is -0.122. The van der Waals surface area contributed by atoms with Gasteiger partial charge < -0.3 is 15.3 Å². The number of carbonyl (C=O) groups is 2. The lowest BCUT2D eigenvalue weighted by Gasteiger charge is -2.17. The number of aryl methyl sites for hydroxylation is 1. The van der Waals surface area contributed by atoms with Gasteiger partial charge in [-0.2, -0.15) is 0 Å². The minimum absolute atomic E-state index is 0.0460. The molecule has 0 bridgehead atoms. The van der Waals surface area contributed by atoms with Gasteiger partial charge in [0.25, 0.3) is 0 Å². The van der Waals surface area contributed by atoms with Gasteiger partial charge in [-0.15, -0.1) is 0 Å². The van der Waals surface area contributed by atoms with E-state index in [1.165, 1.54) is 17.7 Å². The third kappa shape index (κ3) is 3.40. The van der Waals surface area contributed by atoms with Crippen molar-refractivity contribution in [3.05, 3.63) is 54.1 Å². The first-order chi connectivity index (χ1) is 11.6. The third-order valence-corrected chi connectivity index (χ3v) is 4.27. The molecule has 5 nitrogen and oxygen atoms in total. The van der Waals surface area contributed by atoms with Crippen LogP contribution in [0, 0.1) is 5.92 Å². The van der Waals surface area contributed by atoms with Crippen molar-refractivity contribution in [3.8, 4) is 5.75 Å². The molecule has 2 aromatic rings. The van der Waals surface area contributed by atoms with Gasteiger partial charge in [0.05, 0.1) is 5.92 Å². The molecule has 1 heterocycles. The van der Waals surface area contributed by atoms with Crippen molar-refractivity contribution in [1.82, 2.24) is 0 Å². The molecule has 0 aromatic heterocycles. The number of rotatable bonds is 4. The van der Waals surface area contributed by atoms with E-state index in [4.69, 9.17) is 0 Å². The summed E-state index contributed by atoms with van der Waals surface area (Å²) in [5.74, 6) is -0.560. The van der Waals surface area contributed by atoms with Crippen LogP contribution in [0.4, 0.5) is 11.4 Å². The fourth-order valence-corrected chi connectivity index (χ4v) is 2.87. The quantitative estimate of drug-likeness (QED) is 0.908. The second kappa shape index (κ2) is 6.74.